The largest absolute Gasteiger partial charge is 0.106 e. The summed E-state index contributed by atoms with van der Waals surface area (Å²) in [4.78, 5) is 0. The van der Waals surface area contributed by atoms with Crippen LogP contribution in [0.15, 0.2) is 13.2 Å². The third kappa shape index (κ3) is 22.9. The van der Waals surface area contributed by atoms with Crippen molar-refractivity contribution in [3.8, 4) is 0 Å². The van der Waals surface area contributed by atoms with Gasteiger partial charge in [0.1, 0.15) is 0 Å². The van der Waals surface area contributed by atoms with Crippen LogP contribution in [0.2, 0.25) is 0 Å². The molecule has 0 saturated carbocycles. The zero-order chi connectivity index (χ0) is 2.00. The van der Waals surface area contributed by atoms with Crippen molar-refractivity contribution < 1.29 is 21.1 Å². The van der Waals surface area contributed by atoms with Crippen LogP contribution in [0.5, 0.6) is 0 Å². The van der Waals surface area contributed by atoms with Gasteiger partial charge in [0.2, 0.25) is 0 Å². The quantitative estimate of drug-likeness (QED) is 0.412. The average molecular weight is 223 g/mol. The van der Waals surface area contributed by atoms with E-state index < -0.39 is 0 Å². The van der Waals surface area contributed by atoms with Crippen LogP contribution in [-0.4, -0.2) is 8.41 Å². The maximum Gasteiger partial charge on any atom is 0 e. The monoisotopic (exact) mass is 223 g/mol. The molecule has 0 aromatic rings. The normalized spacial score (nSPS) is 1.00. The summed E-state index contributed by atoms with van der Waals surface area (Å²) in [5, 5.41) is 0. The van der Waals surface area contributed by atoms with Crippen molar-refractivity contribution >= 4 is 8.41 Å². The van der Waals surface area contributed by atoms with Crippen molar-refractivity contribution in [2.24, 2.45) is 0 Å². The maximum absolute atomic E-state index is 3.00. The molecule has 0 aromatic carbocycles. The Morgan fingerprint density at radius 2 is 1.00 bits per heavy atom. The third-order valence-corrected chi connectivity index (χ3v) is 0. The summed E-state index contributed by atoms with van der Waals surface area (Å²) in [6.45, 7) is 6.00. The van der Waals surface area contributed by atoms with Crippen LogP contribution in [0.1, 0.15) is 0 Å². The van der Waals surface area contributed by atoms with Gasteiger partial charge >= 0.3 is 0 Å². The molecule has 0 amide bonds. The van der Waals surface area contributed by atoms with Gasteiger partial charge in [0.15, 0.2) is 0 Å². The van der Waals surface area contributed by atoms with Crippen molar-refractivity contribution in [3.63, 3.8) is 0 Å². The van der Waals surface area contributed by atoms with E-state index in [9.17, 15) is 0 Å². The van der Waals surface area contributed by atoms with Crippen LogP contribution >= 0.6 is 0 Å². The minimum absolute atomic E-state index is 0. The van der Waals surface area contributed by atoms with Gasteiger partial charge < -0.3 is 0 Å². The summed E-state index contributed by atoms with van der Waals surface area (Å²) in [6, 6.07) is 0. The molecule has 0 nitrogen and oxygen atoms in total. The molecule has 0 N–H and O–H groups in total. The second-order valence-corrected chi connectivity index (χ2v) is 0. The Kier molecular flexibility index (Phi) is 549. The molecule has 0 aliphatic rings. The second kappa shape index (κ2) is 89.3. The summed E-state index contributed by atoms with van der Waals surface area (Å²) in [5.41, 5.74) is 0. The Labute approximate surface area is 43.1 Å². The first-order chi connectivity index (χ1) is 1.00. The van der Waals surface area contributed by atoms with Crippen LogP contribution in [-0.2, 0) is 21.1 Å². The minimum Gasteiger partial charge on any atom is -0.106 e. The first kappa shape index (κ1) is 24.6. The van der Waals surface area contributed by atoms with Gasteiger partial charge in [0.05, 0.1) is 0 Å². The van der Waals surface area contributed by atoms with Crippen LogP contribution in [0.3, 0.4) is 0 Å². The number of hydrogen-bond acceptors (Lipinski definition) is 0. The van der Waals surface area contributed by atoms with Gasteiger partial charge in [-0.25, -0.2) is 0 Å². The van der Waals surface area contributed by atoms with E-state index in [1.54, 1.807) is 0 Å². The molecule has 0 aliphatic carbocycles. The van der Waals surface area contributed by atoms with Crippen LogP contribution in [0.4, 0.5) is 0 Å². The zero-order valence-corrected chi connectivity index (χ0v) is 5.33. The van der Waals surface area contributed by atoms with Crippen LogP contribution in [0, 0.1) is 0 Å². The smallest absolute Gasteiger partial charge is 0 e. The summed E-state index contributed by atoms with van der Waals surface area (Å²) in [5.74, 6) is 0. The molecule has 2 heteroatoms. The van der Waals surface area contributed by atoms with Gasteiger partial charge in [0.25, 0.3) is 0 Å². The van der Waals surface area contributed by atoms with E-state index in [4.69, 9.17) is 0 Å². The topological polar surface area (TPSA) is 0 Å². The fourth-order valence-corrected chi connectivity index (χ4v) is 0. The molecule has 0 rings (SSSR count). The van der Waals surface area contributed by atoms with Gasteiger partial charge in [-0.2, -0.15) is 0 Å². The van der Waals surface area contributed by atoms with Crippen molar-refractivity contribution in [1.29, 1.82) is 0 Å². The van der Waals surface area contributed by atoms with E-state index in [2.05, 4.69) is 13.2 Å². The summed E-state index contributed by atoms with van der Waals surface area (Å²) >= 11 is 0. The number of rotatable bonds is 0. The predicted molar refractivity (Wildman–Crippen MR) is 17.0 cm³/mol. The Bertz CT molecular complexity index is 6.00. The second-order valence-electron chi connectivity index (χ2n) is 0. The molecule has 0 heterocycles. The van der Waals surface area contributed by atoms with Gasteiger partial charge in [0, 0.05) is 29.5 Å². The van der Waals surface area contributed by atoms with E-state index >= 15 is 0 Å². The molecule has 0 atom stereocenters. The molecule has 0 aliphatic heterocycles. The fourth-order valence-electron chi connectivity index (χ4n) is 0. The molecule has 0 bridgehead atoms. The van der Waals surface area contributed by atoms with Gasteiger partial charge in [-0.3, -0.25) is 0 Å². The Hall–Kier alpha value is 0.493. The average Bonchev–Trinajstić information content (AvgIpc) is 1.00. The molecule has 3 radical (unpaired) electrons. The van der Waals surface area contributed by atoms with Gasteiger partial charge in [-0.1, -0.05) is 0 Å². The Morgan fingerprint density at radius 1 is 1.00 bits per heavy atom. The summed E-state index contributed by atoms with van der Waals surface area (Å²) in [6.07, 6.45) is 0. The molecule has 0 spiro atoms. The Morgan fingerprint density at radius 3 is 1.00 bits per heavy atom. The van der Waals surface area contributed by atoms with E-state index in [1.165, 1.54) is 0 Å². The maximum atomic E-state index is 3.00. The fraction of sp³-hybridized carbons (Fsp3) is 0. The summed E-state index contributed by atoms with van der Waals surface area (Å²) < 4.78 is 0. The van der Waals surface area contributed by atoms with Crippen molar-refractivity contribution in [2.75, 3.05) is 0 Å². The molecule has 0 aromatic heterocycles. The molecule has 0 fully saturated rings. The predicted octanol–water partition coefficient (Wildman–Crippen LogP) is 0.419. The first-order valence-electron chi connectivity index (χ1n) is 0.500. The van der Waals surface area contributed by atoms with Crippen molar-refractivity contribution in [3.05, 3.63) is 13.2 Å². The van der Waals surface area contributed by atoms with Crippen LogP contribution < -0.4 is 0 Å². The minimum atomic E-state index is 0. The third-order valence-electron chi connectivity index (χ3n) is 0. The van der Waals surface area contributed by atoms with E-state index in [1.807, 2.05) is 0 Å². The molecule has 0 saturated heterocycles. The number of hydrogen-bond donors (Lipinski definition) is 0. The van der Waals surface area contributed by atoms with Crippen molar-refractivity contribution in [1.82, 2.24) is 0 Å². The van der Waals surface area contributed by atoms with E-state index in [0.717, 1.165) is 0 Å². The molecule has 0 unspecified atom stereocenters. The zero-order valence-electron chi connectivity index (χ0n) is 2.40. The van der Waals surface area contributed by atoms with Gasteiger partial charge in [-0.15, -0.1) is 13.2 Å². The standard InChI is InChI=1S/C2H4.B.W/c1-2;;/h1-2H2;;. The van der Waals surface area contributed by atoms with E-state index in [0.29, 0.717) is 0 Å². The molecule has 21 valence electrons. The SMILES string of the molecule is C=C.[B].[W]. The molecular formula is C2H4BW. The molecular weight excluding hydrogens is 219 g/mol. The van der Waals surface area contributed by atoms with Crippen molar-refractivity contribution in [2.45, 2.75) is 0 Å². The first-order valence-corrected chi connectivity index (χ1v) is 0.500. The summed E-state index contributed by atoms with van der Waals surface area (Å²) in [7, 11) is 0. The Balaban J connectivity index is -0.00000000500. The van der Waals surface area contributed by atoms with Crippen LogP contribution in [0.25, 0.3) is 0 Å². The molecule has 4 heavy (non-hydrogen) atoms. The van der Waals surface area contributed by atoms with Gasteiger partial charge in [-0.05, 0) is 0 Å². The van der Waals surface area contributed by atoms with E-state index in [-0.39, 0.29) is 29.5 Å².